The number of nitrogens with zero attached hydrogens (tertiary/aromatic N) is 1. The van der Waals surface area contributed by atoms with Crippen LogP contribution >= 0.6 is 7.82 Å². The predicted molar refractivity (Wildman–Crippen MR) is 309 cm³/mol. The van der Waals surface area contributed by atoms with Crippen LogP contribution in [-0.4, -0.2) is 70.0 Å². The zero-order valence-corrected chi connectivity index (χ0v) is 48.4. The van der Waals surface area contributed by atoms with Gasteiger partial charge in [0.15, 0.2) is 6.10 Å². The second kappa shape index (κ2) is 53.7. The molecule has 2 atom stereocenters. The molecule has 0 aromatic rings. The minimum atomic E-state index is -4.63. The number of phosphoric acid groups is 1. The molecule has 0 aromatic carbocycles. The molecule has 73 heavy (non-hydrogen) atoms. The quantitative estimate of drug-likeness (QED) is 0.0195. The summed E-state index contributed by atoms with van der Waals surface area (Å²) in [5, 5.41) is 0. The number of carbonyl (C=O) groups excluding carboxylic acids is 2. The van der Waals surface area contributed by atoms with Crippen molar-refractivity contribution in [2.75, 3.05) is 47.5 Å². The fraction of sp³-hybridized carbons (Fsp3) is 0.714. The van der Waals surface area contributed by atoms with Crippen LogP contribution in [0.1, 0.15) is 239 Å². The average Bonchev–Trinajstić information content (AvgIpc) is 3.35. The van der Waals surface area contributed by atoms with E-state index in [1.165, 1.54) is 96.3 Å². The second-order valence-corrected chi connectivity index (χ2v) is 22.0. The Morgan fingerprint density at radius 2 is 0.781 bits per heavy atom. The van der Waals surface area contributed by atoms with Crippen molar-refractivity contribution in [3.63, 3.8) is 0 Å². The van der Waals surface area contributed by atoms with Gasteiger partial charge in [-0.15, -0.1) is 0 Å². The number of hydrogen-bond donors (Lipinski definition) is 0. The topological polar surface area (TPSA) is 111 Å². The van der Waals surface area contributed by atoms with E-state index in [1.54, 1.807) is 0 Å². The smallest absolute Gasteiger partial charge is 0.306 e. The van der Waals surface area contributed by atoms with Crippen molar-refractivity contribution in [2.24, 2.45) is 0 Å². The lowest BCUT2D eigenvalue weighted by Gasteiger charge is -2.28. The highest BCUT2D eigenvalue weighted by Crippen LogP contribution is 2.38. The molecule has 0 saturated heterocycles. The first-order valence-electron chi connectivity index (χ1n) is 29.4. The number of rotatable bonds is 53. The molecule has 0 spiro atoms. The largest absolute Gasteiger partial charge is 0.756 e. The monoisotopic (exact) mass is 1040 g/mol. The molecule has 420 valence electrons. The molecule has 0 radical (unpaired) electrons. The van der Waals surface area contributed by atoms with Crippen LogP contribution in [0.3, 0.4) is 0 Å². The first-order chi connectivity index (χ1) is 35.5. The molecule has 0 heterocycles. The molecule has 2 unspecified atom stereocenters. The Morgan fingerprint density at radius 1 is 0.438 bits per heavy atom. The maximum atomic E-state index is 12.8. The molecule has 0 aliphatic heterocycles. The summed E-state index contributed by atoms with van der Waals surface area (Å²) in [5.74, 6) is -0.846. The number of esters is 2. The lowest BCUT2D eigenvalue weighted by molar-refractivity contribution is -0.870. The Bertz CT molecular complexity index is 1550. The van der Waals surface area contributed by atoms with Crippen LogP contribution in [0.25, 0.3) is 0 Å². The summed E-state index contributed by atoms with van der Waals surface area (Å²) in [6.45, 7) is 4.04. The maximum absolute atomic E-state index is 12.8. The molecule has 0 fully saturated rings. The van der Waals surface area contributed by atoms with Gasteiger partial charge in [0.25, 0.3) is 7.82 Å². The summed E-state index contributed by atoms with van der Waals surface area (Å²) in [4.78, 5) is 37.7. The third kappa shape index (κ3) is 58.1. The number of allylic oxidation sites excluding steroid dienone is 16. The van der Waals surface area contributed by atoms with Gasteiger partial charge >= 0.3 is 11.9 Å². The van der Waals surface area contributed by atoms with Crippen molar-refractivity contribution in [1.29, 1.82) is 0 Å². The van der Waals surface area contributed by atoms with E-state index < -0.39 is 32.5 Å². The first-order valence-corrected chi connectivity index (χ1v) is 30.9. The molecule has 0 aliphatic carbocycles. The molecular weight excluding hydrogens is 930 g/mol. The van der Waals surface area contributed by atoms with Gasteiger partial charge in [-0.3, -0.25) is 14.2 Å². The van der Waals surface area contributed by atoms with Crippen LogP contribution < -0.4 is 4.89 Å². The van der Waals surface area contributed by atoms with E-state index in [-0.39, 0.29) is 26.1 Å². The van der Waals surface area contributed by atoms with Gasteiger partial charge in [-0.05, 0) is 89.9 Å². The van der Waals surface area contributed by atoms with Crippen molar-refractivity contribution in [1.82, 2.24) is 0 Å². The standard InChI is InChI=1S/C63H110NO8P/c1-6-8-10-12-14-16-18-19-20-21-22-23-24-25-26-27-28-29-30-31-32-33-34-35-36-37-38-39-40-41-42-43-44-45-46-48-50-52-54-56-63(66)72-61(60-71-73(67,68)70-58-57-64(3,4)5)59-69-62(65)55-53-51-49-47-17-15-13-11-9-7-2/h8,10-11,13-14,16,19-20,22-23,25-26,28-29,31-32,61H,6-7,9,12,15,17-18,21,24,27,30,33-60H2,1-5H3/b10-8-,13-11-,16-14-,20-19-,23-22-,26-25-,29-28-,32-31-. The van der Waals surface area contributed by atoms with Crippen LogP contribution in [0.15, 0.2) is 97.2 Å². The van der Waals surface area contributed by atoms with Gasteiger partial charge in [-0.2, -0.15) is 0 Å². The van der Waals surface area contributed by atoms with Crippen LogP contribution in [0.5, 0.6) is 0 Å². The molecule has 0 aliphatic rings. The summed E-state index contributed by atoms with van der Waals surface area (Å²) < 4.78 is 34.0. The summed E-state index contributed by atoms with van der Waals surface area (Å²) in [7, 11) is 1.16. The van der Waals surface area contributed by atoms with Crippen molar-refractivity contribution >= 4 is 19.8 Å². The summed E-state index contributed by atoms with van der Waals surface area (Å²) in [6.07, 6.45) is 73.5. The molecular formula is C63H110NO8P. The Labute approximate surface area is 449 Å². The Hall–Kier alpha value is -3.07. The molecule has 0 amide bonds. The number of ether oxygens (including phenoxy) is 2. The highest BCUT2D eigenvalue weighted by atomic mass is 31.2. The fourth-order valence-electron chi connectivity index (χ4n) is 7.82. The SMILES string of the molecule is CC/C=C\C/C=C\C/C=C\C/C=C\C/C=C\C/C=C\C/C=C\CCCCCCCCCCCCCCCCCCCC(=O)OC(COC(=O)CCCCCCC/C=C\CCC)COP(=O)([O-])OCC[N+](C)(C)C. The molecule has 10 heteroatoms. The third-order valence-electron chi connectivity index (χ3n) is 12.3. The molecule has 9 nitrogen and oxygen atoms in total. The van der Waals surface area contributed by atoms with Crippen molar-refractivity contribution in [2.45, 2.75) is 245 Å². The summed E-state index contributed by atoms with van der Waals surface area (Å²) in [6, 6.07) is 0. The first kappa shape index (κ1) is 69.9. The highest BCUT2D eigenvalue weighted by molar-refractivity contribution is 7.45. The zero-order chi connectivity index (χ0) is 53.5. The van der Waals surface area contributed by atoms with Gasteiger partial charge in [0.05, 0.1) is 27.7 Å². The Balaban J connectivity index is 3.94. The molecule has 0 rings (SSSR count). The Morgan fingerprint density at radius 3 is 1.18 bits per heavy atom. The van der Waals surface area contributed by atoms with Gasteiger partial charge in [0, 0.05) is 12.8 Å². The van der Waals surface area contributed by atoms with Crippen molar-refractivity contribution in [3.8, 4) is 0 Å². The van der Waals surface area contributed by atoms with Crippen LogP contribution in [0.4, 0.5) is 0 Å². The lowest BCUT2D eigenvalue weighted by atomic mass is 10.0. The number of carbonyl (C=O) groups is 2. The molecule has 0 aromatic heterocycles. The molecule has 0 bridgehead atoms. The average molecular weight is 1040 g/mol. The number of unbranched alkanes of at least 4 members (excludes halogenated alkanes) is 23. The lowest BCUT2D eigenvalue weighted by Crippen LogP contribution is -2.37. The number of likely N-dealkylation sites (N-methyl/N-ethyl adjacent to an activating group) is 1. The van der Waals surface area contributed by atoms with Gasteiger partial charge < -0.3 is 27.9 Å². The fourth-order valence-corrected chi connectivity index (χ4v) is 8.54. The van der Waals surface area contributed by atoms with Gasteiger partial charge in [-0.25, -0.2) is 0 Å². The van der Waals surface area contributed by atoms with E-state index in [0.29, 0.717) is 17.4 Å². The van der Waals surface area contributed by atoms with Gasteiger partial charge in [0.2, 0.25) is 0 Å². The van der Waals surface area contributed by atoms with Crippen LogP contribution in [0.2, 0.25) is 0 Å². The van der Waals surface area contributed by atoms with E-state index in [4.69, 9.17) is 18.5 Å². The van der Waals surface area contributed by atoms with Crippen LogP contribution in [0, 0.1) is 0 Å². The number of phosphoric ester groups is 1. The van der Waals surface area contributed by atoms with E-state index in [2.05, 4.69) is 111 Å². The van der Waals surface area contributed by atoms with E-state index in [1.807, 2.05) is 21.1 Å². The van der Waals surface area contributed by atoms with E-state index in [9.17, 15) is 19.0 Å². The van der Waals surface area contributed by atoms with E-state index >= 15 is 0 Å². The highest BCUT2D eigenvalue weighted by Gasteiger charge is 2.21. The summed E-state index contributed by atoms with van der Waals surface area (Å²) >= 11 is 0. The maximum Gasteiger partial charge on any atom is 0.306 e. The minimum absolute atomic E-state index is 0.0341. The number of quaternary nitrogens is 1. The predicted octanol–water partition coefficient (Wildman–Crippen LogP) is 17.8. The minimum Gasteiger partial charge on any atom is -0.756 e. The third-order valence-corrected chi connectivity index (χ3v) is 13.3. The van der Waals surface area contributed by atoms with E-state index in [0.717, 1.165) is 109 Å². The normalized spacial score (nSPS) is 14.0. The molecule has 0 N–H and O–H groups in total. The summed E-state index contributed by atoms with van der Waals surface area (Å²) in [5.41, 5.74) is 0. The van der Waals surface area contributed by atoms with Gasteiger partial charge in [0.1, 0.15) is 19.8 Å². The Kier molecular flexibility index (Phi) is 51.5. The zero-order valence-electron chi connectivity index (χ0n) is 47.6. The van der Waals surface area contributed by atoms with Gasteiger partial charge in [-0.1, -0.05) is 233 Å². The van der Waals surface area contributed by atoms with Crippen molar-refractivity contribution in [3.05, 3.63) is 97.2 Å². The second-order valence-electron chi connectivity index (χ2n) is 20.6. The molecule has 0 saturated carbocycles. The van der Waals surface area contributed by atoms with Crippen molar-refractivity contribution < 1.29 is 42.1 Å². The number of hydrogen-bond acceptors (Lipinski definition) is 8. The van der Waals surface area contributed by atoms with Crippen LogP contribution in [-0.2, 0) is 32.7 Å².